The molecule has 2 rings (SSSR count). The Balaban J connectivity index is 1.75. The van der Waals surface area contributed by atoms with Crippen LogP contribution in [0.4, 0.5) is 0 Å². The third-order valence-electron chi connectivity index (χ3n) is 4.17. The normalized spacial score (nSPS) is 26.2. The Kier molecular flexibility index (Phi) is 5.01. The SMILES string of the molecule is CCCC1CCN(C(CN)CC(=O)NC2CC2)C1. The van der Waals surface area contributed by atoms with Crippen LogP contribution in [0.3, 0.4) is 0 Å². The van der Waals surface area contributed by atoms with Gasteiger partial charge in [-0.05, 0) is 38.1 Å². The molecule has 4 nitrogen and oxygen atoms in total. The van der Waals surface area contributed by atoms with Gasteiger partial charge >= 0.3 is 0 Å². The summed E-state index contributed by atoms with van der Waals surface area (Å²) in [6, 6.07) is 0.702. The summed E-state index contributed by atoms with van der Waals surface area (Å²) in [5, 5.41) is 3.06. The fraction of sp³-hybridized carbons (Fsp3) is 0.929. The summed E-state index contributed by atoms with van der Waals surface area (Å²) in [7, 11) is 0. The monoisotopic (exact) mass is 253 g/mol. The van der Waals surface area contributed by atoms with E-state index in [1.54, 1.807) is 0 Å². The lowest BCUT2D eigenvalue weighted by atomic mass is 10.0. The molecular weight excluding hydrogens is 226 g/mol. The van der Waals surface area contributed by atoms with Crippen LogP contribution in [-0.4, -0.2) is 42.5 Å². The van der Waals surface area contributed by atoms with Crippen molar-refractivity contribution in [2.24, 2.45) is 11.7 Å². The van der Waals surface area contributed by atoms with Crippen molar-refractivity contribution in [1.82, 2.24) is 10.2 Å². The molecule has 0 spiro atoms. The fourth-order valence-electron chi connectivity index (χ4n) is 2.93. The summed E-state index contributed by atoms with van der Waals surface area (Å²) in [4.78, 5) is 14.3. The van der Waals surface area contributed by atoms with E-state index in [0.29, 0.717) is 19.0 Å². The molecule has 3 N–H and O–H groups in total. The standard InChI is InChI=1S/C14H27N3O/c1-2-3-11-6-7-17(10-11)13(9-15)8-14(18)16-12-4-5-12/h11-13H,2-10,15H2,1H3,(H,16,18). The van der Waals surface area contributed by atoms with Gasteiger partial charge in [0.05, 0.1) is 0 Å². The molecule has 0 aromatic rings. The number of rotatable bonds is 7. The van der Waals surface area contributed by atoms with Gasteiger partial charge in [0.25, 0.3) is 0 Å². The Morgan fingerprint density at radius 2 is 2.22 bits per heavy atom. The van der Waals surface area contributed by atoms with Gasteiger partial charge < -0.3 is 11.1 Å². The first-order chi connectivity index (χ1) is 8.72. The van der Waals surface area contributed by atoms with Gasteiger partial charge in [-0.2, -0.15) is 0 Å². The highest BCUT2D eigenvalue weighted by Gasteiger charge is 2.30. The quantitative estimate of drug-likeness (QED) is 0.714. The number of carbonyl (C=O) groups is 1. The van der Waals surface area contributed by atoms with Gasteiger partial charge in [0.1, 0.15) is 0 Å². The molecule has 1 amide bonds. The van der Waals surface area contributed by atoms with Crippen molar-refractivity contribution >= 4 is 5.91 Å². The lowest BCUT2D eigenvalue weighted by Gasteiger charge is -2.26. The molecule has 1 saturated carbocycles. The summed E-state index contributed by atoms with van der Waals surface area (Å²) in [5.41, 5.74) is 5.85. The number of carbonyl (C=O) groups excluding carboxylic acids is 1. The van der Waals surface area contributed by atoms with Crippen LogP contribution in [0, 0.1) is 5.92 Å². The van der Waals surface area contributed by atoms with Crippen LogP contribution in [0.2, 0.25) is 0 Å². The Labute approximate surface area is 110 Å². The van der Waals surface area contributed by atoms with Gasteiger partial charge in [-0.25, -0.2) is 0 Å². The second-order valence-electron chi connectivity index (χ2n) is 5.87. The van der Waals surface area contributed by atoms with E-state index in [1.807, 2.05) is 0 Å². The zero-order valence-electron chi connectivity index (χ0n) is 11.5. The Morgan fingerprint density at radius 1 is 1.44 bits per heavy atom. The van der Waals surface area contributed by atoms with Gasteiger partial charge in [0.2, 0.25) is 5.91 Å². The van der Waals surface area contributed by atoms with Crippen molar-refractivity contribution in [3.63, 3.8) is 0 Å². The van der Waals surface area contributed by atoms with Crippen LogP contribution in [0.15, 0.2) is 0 Å². The molecule has 1 aliphatic heterocycles. The molecule has 2 unspecified atom stereocenters. The van der Waals surface area contributed by atoms with Crippen LogP contribution in [-0.2, 0) is 4.79 Å². The minimum Gasteiger partial charge on any atom is -0.353 e. The van der Waals surface area contributed by atoms with E-state index >= 15 is 0 Å². The molecular formula is C14H27N3O. The number of nitrogens with one attached hydrogen (secondary N) is 1. The summed E-state index contributed by atoms with van der Waals surface area (Å²) in [6.07, 6.45) is 6.72. The van der Waals surface area contributed by atoms with Crippen LogP contribution >= 0.6 is 0 Å². The highest BCUT2D eigenvalue weighted by Crippen LogP contribution is 2.24. The lowest BCUT2D eigenvalue weighted by molar-refractivity contribution is -0.122. The van der Waals surface area contributed by atoms with Crippen molar-refractivity contribution < 1.29 is 4.79 Å². The molecule has 2 atom stereocenters. The Morgan fingerprint density at radius 3 is 2.83 bits per heavy atom. The largest absolute Gasteiger partial charge is 0.353 e. The third kappa shape index (κ3) is 3.95. The zero-order valence-corrected chi connectivity index (χ0v) is 11.5. The molecule has 0 aromatic heterocycles. The van der Waals surface area contributed by atoms with Crippen LogP contribution in [0.5, 0.6) is 0 Å². The van der Waals surface area contributed by atoms with E-state index < -0.39 is 0 Å². The molecule has 4 heteroatoms. The van der Waals surface area contributed by atoms with E-state index in [1.165, 1.54) is 19.3 Å². The average molecular weight is 253 g/mol. The lowest BCUT2D eigenvalue weighted by Crippen LogP contribution is -2.43. The van der Waals surface area contributed by atoms with E-state index in [0.717, 1.165) is 31.8 Å². The van der Waals surface area contributed by atoms with Crippen molar-refractivity contribution in [3.05, 3.63) is 0 Å². The minimum atomic E-state index is 0.187. The van der Waals surface area contributed by atoms with Crippen molar-refractivity contribution in [2.45, 2.75) is 57.5 Å². The van der Waals surface area contributed by atoms with Gasteiger partial charge in [-0.15, -0.1) is 0 Å². The first-order valence-electron chi connectivity index (χ1n) is 7.46. The number of amides is 1. The molecule has 2 aliphatic rings. The number of hydrogen-bond acceptors (Lipinski definition) is 3. The Bertz CT molecular complexity index is 278. The predicted octanol–water partition coefficient (Wildman–Crippen LogP) is 1.10. The molecule has 18 heavy (non-hydrogen) atoms. The molecule has 0 radical (unpaired) electrons. The first-order valence-corrected chi connectivity index (χ1v) is 7.46. The number of likely N-dealkylation sites (tertiary alicyclic amines) is 1. The number of hydrogen-bond donors (Lipinski definition) is 2. The van der Waals surface area contributed by atoms with E-state index in [9.17, 15) is 4.79 Å². The van der Waals surface area contributed by atoms with Crippen LogP contribution in [0.1, 0.15) is 45.4 Å². The second kappa shape index (κ2) is 6.53. The van der Waals surface area contributed by atoms with Gasteiger partial charge in [-0.1, -0.05) is 13.3 Å². The molecule has 1 aliphatic carbocycles. The topological polar surface area (TPSA) is 58.4 Å². The van der Waals surface area contributed by atoms with Gasteiger partial charge in [0.15, 0.2) is 0 Å². The molecule has 1 saturated heterocycles. The highest BCUT2D eigenvalue weighted by atomic mass is 16.1. The van der Waals surface area contributed by atoms with Crippen LogP contribution in [0.25, 0.3) is 0 Å². The summed E-state index contributed by atoms with van der Waals surface area (Å²) in [5.74, 6) is 1.00. The van der Waals surface area contributed by atoms with Gasteiger partial charge in [0, 0.05) is 31.6 Å². The fourth-order valence-corrected chi connectivity index (χ4v) is 2.93. The maximum absolute atomic E-state index is 11.8. The van der Waals surface area contributed by atoms with Crippen molar-refractivity contribution in [2.75, 3.05) is 19.6 Å². The van der Waals surface area contributed by atoms with Crippen LogP contribution < -0.4 is 11.1 Å². The number of nitrogens with two attached hydrogens (primary N) is 1. The van der Waals surface area contributed by atoms with Crippen molar-refractivity contribution in [3.8, 4) is 0 Å². The number of nitrogens with zero attached hydrogens (tertiary/aromatic N) is 1. The highest BCUT2D eigenvalue weighted by molar-refractivity contribution is 5.77. The van der Waals surface area contributed by atoms with E-state index in [4.69, 9.17) is 5.73 Å². The van der Waals surface area contributed by atoms with Gasteiger partial charge in [-0.3, -0.25) is 9.69 Å². The smallest absolute Gasteiger partial charge is 0.221 e. The maximum atomic E-state index is 11.8. The summed E-state index contributed by atoms with van der Waals surface area (Å²) < 4.78 is 0. The summed E-state index contributed by atoms with van der Waals surface area (Å²) >= 11 is 0. The predicted molar refractivity (Wildman–Crippen MR) is 73.2 cm³/mol. The maximum Gasteiger partial charge on any atom is 0.221 e. The summed E-state index contributed by atoms with van der Waals surface area (Å²) in [6.45, 7) is 5.08. The second-order valence-corrected chi connectivity index (χ2v) is 5.87. The zero-order chi connectivity index (χ0) is 13.0. The van der Waals surface area contributed by atoms with E-state index in [2.05, 4.69) is 17.1 Å². The third-order valence-corrected chi connectivity index (χ3v) is 4.17. The Hall–Kier alpha value is -0.610. The molecule has 0 aromatic carbocycles. The molecule has 1 heterocycles. The molecule has 104 valence electrons. The van der Waals surface area contributed by atoms with Crippen molar-refractivity contribution in [1.29, 1.82) is 0 Å². The minimum absolute atomic E-state index is 0.187. The first kappa shape index (κ1) is 13.8. The van der Waals surface area contributed by atoms with E-state index in [-0.39, 0.29) is 11.9 Å². The molecule has 2 fully saturated rings. The molecule has 0 bridgehead atoms. The average Bonchev–Trinajstić information content (AvgIpc) is 3.03.